The smallest absolute Gasteiger partial charge is 0.417 e. The van der Waals surface area contributed by atoms with Gasteiger partial charge in [0.1, 0.15) is 6.04 Å². The van der Waals surface area contributed by atoms with E-state index in [1.165, 1.54) is 0 Å². The second kappa shape index (κ2) is 5.57. The lowest BCUT2D eigenvalue weighted by Gasteiger charge is -2.12. The summed E-state index contributed by atoms with van der Waals surface area (Å²) >= 11 is 5.36. The summed E-state index contributed by atoms with van der Waals surface area (Å²) in [6, 6.07) is 1.26. The first-order valence-electron chi connectivity index (χ1n) is 4.08. The highest BCUT2D eigenvalue weighted by Gasteiger charge is 2.34. The van der Waals surface area contributed by atoms with E-state index in [1.807, 2.05) is 0 Å². The van der Waals surface area contributed by atoms with Gasteiger partial charge in [-0.05, 0) is 17.7 Å². The molecule has 1 aromatic carbocycles. The lowest BCUT2D eigenvalue weighted by Crippen LogP contribution is -2.21. The zero-order valence-electron chi connectivity index (χ0n) is 8.16. The molecular formula is C9H8Cl2F3NO2. The van der Waals surface area contributed by atoms with Gasteiger partial charge >= 0.3 is 12.1 Å². The van der Waals surface area contributed by atoms with Gasteiger partial charge in [0.05, 0.1) is 10.6 Å². The molecule has 0 bridgehead atoms. The highest BCUT2D eigenvalue weighted by atomic mass is 35.5. The van der Waals surface area contributed by atoms with Gasteiger partial charge in [-0.3, -0.25) is 4.79 Å². The van der Waals surface area contributed by atoms with Crippen molar-refractivity contribution in [2.75, 3.05) is 0 Å². The molecule has 0 saturated carbocycles. The minimum absolute atomic E-state index is 0. The van der Waals surface area contributed by atoms with Crippen molar-refractivity contribution in [2.45, 2.75) is 12.2 Å². The van der Waals surface area contributed by atoms with Crippen molar-refractivity contribution in [2.24, 2.45) is 5.73 Å². The molecule has 1 aromatic rings. The van der Waals surface area contributed by atoms with Crippen molar-refractivity contribution in [1.82, 2.24) is 0 Å². The summed E-state index contributed by atoms with van der Waals surface area (Å²) in [5, 5.41) is 8.07. The highest BCUT2D eigenvalue weighted by molar-refractivity contribution is 6.31. The van der Waals surface area contributed by atoms with Gasteiger partial charge in [-0.25, -0.2) is 0 Å². The van der Waals surface area contributed by atoms with Gasteiger partial charge in [0.25, 0.3) is 0 Å². The van der Waals surface area contributed by atoms with Crippen LogP contribution in [0.15, 0.2) is 18.2 Å². The minimum Gasteiger partial charge on any atom is -0.480 e. The molecule has 0 spiro atoms. The Bertz CT molecular complexity index is 423. The maximum atomic E-state index is 12.4. The van der Waals surface area contributed by atoms with E-state index in [2.05, 4.69) is 0 Å². The number of rotatable bonds is 2. The maximum Gasteiger partial charge on any atom is 0.417 e. The molecule has 3 N–H and O–H groups in total. The topological polar surface area (TPSA) is 63.3 Å². The molecule has 0 fully saturated rings. The van der Waals surface area contributed by atoms with Crippen LogP contribution in [0.3, 0.4) is 0 Å². The van der Waals surface area contributed by atoms with Gasteiger partial charge in [-0.2, -0.15) is 13.2 Å². The molecule has 96 valence electrons. The number of hydrogen-bond acceptors (Lipinski definition) is 2. The first-order valence-corrected chi connectivity index (χ1v) is 4.46. The second-order valence-electron chi connectivity index (χ2n) is 3.05. The summed E-state index contributed by atoms with van der Waals surface area (Å²) in [6.07, 6.45) is -4.63. The predicted molar refractivity (Wildman–Crippen MR) is 58.3 cm³/mol. The summed E-state index contributed by atoms with van der Waals surface area (Å²) in [7, 11) is 0. The molecule has 0 aliphatic rings. The first kappa shape index (κ1) is 16.0. The number of hydrogen-bond donors (Lipinski definition) is 2. The molecule has 0 aliphatic heterocycles. The first-order chi connectivity index (χ1) is 7.23. The van der Waals surface area contributed by atoms with E-state index in [0.717, 1.165) is 12.1 Å². The Kier molecular flexibility index (Phi) is 5.25. The van der Waals surface area contributed by atoms with Crippen molar-refractivity contribution in [1.29, 1.82) is 0 Å². The van der Waals surface area contributed by atoms with Crippen LogP contribution in [0.4, 0.5) is 13.2 Å². The molecule has 3 nitrogen and oxygen atoms in total. The average molecular weight is 290 g/mol. The predicted octanol–water partition coefficient (Wildman–Crippen LogP) is 2.87. The number of benzene rings is 1. The summed E-state index contributed by atoms with van der Waals surface area (Å²) in [6.45, 7) is 0. The quantitative estimate of drug-likeness (QED) is 0.880. The Morgan fingerprint density at radius 1 is 1.41 bits per heavy atom. The van der Waals surface area contributed by atoms with Crippen molar-refractivity contribution in [3.63, 3.8) is 0 Å². The number of carbonyl (C=O) groups is 1. The molecule has 0 amide bonds. The molecule has 1 rings (SSSR count). The van der Waals surface area contributed by atoms with E-state index < -0.39 is 28.8 Å². The molecule has 0 heterocycles. The monoisotopic (exact) mass is 289 g/mol. The third kappa shape index (κ3) is 3.76. The zero-order valence-corrected chi connectivity index (χ0v) is 9.73. The number of carboxylic acid groups (broad SMARTS) is 1. The molecule has 17 heavy (non-hydrogen) atoms. The van der Waals surface area contributed by atoms with E-state index in [9.17, 15) is 18.0 Å². The van der Waals surface area contributed by atoms with Gasteiger partial charge in [0.2, 0.25) is 0 Å². The number of carboxylic acids is 1. The Labute approximate surface area is 106 Å². The highest BCUT2D eigenvalue weighted by Crippen LogP contribution is 2.35. The molecule has 0 radical (unpaired) electrons. The van der Waals surface area contributed by atoms with E-state index >= 15 is 0 Å². The van der Waals surface area contributed by atoms with E-state index in [1.54, 1.807) is 0 Å². The van der Waals surface area contributed by atoms with Gasteiger partial charge < -0.3 is 10.8 Å². The van der Waals surface area contributed by atoms with Crippen LogP contribution in [0, 0.1) is 0 Å². The number of aliphatic carboxylic acids is 1. The van der Waals surface area contributed by atoms with Crippen LogP contribution in [0.25, 0.3) is 0 Å². The van der Waals surface area contributed by atoms with Crippen LogP contribution in [-0.2, 0) is 11.0 Å². The van der Waals surface area contributed by atoms with Gasteiger partial charge in [0, 0.05) is 0 Å². The Balaban J connectivity index is 0.00000256. The summed E-state index contributed by atoms with van der Waals surface area (Å²) in [5.74, 6) is -1.41. The van der Waals surface area contributed by atoms with E-state index in [4.69, 9.17) is 22.4 Å². The second-order valence-corrected chi connectivity index (χ2v) is 3.46. The lowest BCUT2D eigenvalue weighted by molar-refractivity contribution is -0.140. The Morgan fingerprint density at radius 3 is 2.35 bits per heavy atom. The van der Waals surface area contributed by atoms with Crippen LogP contribution in [0.2, 0.25) is 5.02 Å². The van der Waals surface area contributed by atoms with Gasteiger partial charge in [-0.15, -0.1) is 12.4 Å². The van der Waals surface area contributed by atoms with Crippen LogP contribution in [0.1, 0.15) is 17.2 Å². The molecule has 0 aromatic heterocycles. The number of halogens is 5. The maximum absolute atomic E-state index is 12.4. The molecule has 1 atom stereocenters. The molecule has 1 unspecified atom stereocenters. The number of alkyl halides is 3. The molecule has 0 saturated heterocycles. The van der Waals surface area contributed by atoms with Crippen LogP contribution in [-0.4, -0.2) is 11.1 Å². The van der Waals surface area contributed by atoms with E-state index in [0.29, 0.717) is 6.07 Å². The minimum atomic E-state index is -4.63. The Morgan fingerprint density at radius 2 is 1.94 bits per heavy atom. The standard InChI is InChI=1S/C9H7ClF3NO2.ClH/c10-6-2-1-4(7(14)8(15)16)3-5(6)9(11,12)13;/h1-3,7H,14H2,(H,15,16);1H. The number of nitrogens with two attached hydrogens (primary N) is 1. The lowest BCUT2D eigenvalue weighted by atomic mass is 10.0. The fourth-order valence-electron chi connectivity index (χ4n) is 1.10. The summed E-state index contributed by atoms with van der Waals surface area (Å²) < 4.78 is 37.3. The third-order valence-electron chi connectivity index (χ3n) is 1.92. The third-order valence-corrected chi connectivity index (χ3v) is 2.25. The SMILES string of the molecule is Cl.NC(C(=O)O)c1ccc(Cl)c(C(F)(F)F)c1. The average Bonchev–Trinajstić information content (AvgIpc) is 2.15. The van der Waals surface area contributed by atoms with Crippen molar-refractivity contribution in [3.8, 4) is 0 Å². The Hall–Kier alpha value is -0.980. The van der Waals surface area contributed by atoms with Crippen LogP contribution >= 0.6 is 24.0 Å². The van der Waals surface area contributed by atoms with E-state index in [-0.39, 0.29) is 18.0 Å². The summed E-state index contributed by atoms with van der Waals surface area (Å²) in [4.78, 5) is 10.5. The molecular weight excluding hydrogens is 282 g/mol. The van der Waals surface area contributed by atoms with Crippen LogP contribution in [0.5, 0.6) is 0 Å². The fraction of sp³-hybridized carbons (Fsp3) is 0.222. The largest absolute Gasteiger partial charge is 0.480 e. The molecule has 0 aliphatic carbocycles. The van der Waals surface area contributed by atoms with Crippen molar-refractivity contribution < 1.29 is 23.1 Å². The van der Waals surface area contributed by atoms with Gasteiger partial charge in [-0.1, -0.05) is 17.7 Å². The fourth-order valence-corrected chi connectivity index (χ4v) is 1.32. The van der Waals surface area contributed by atoms with Crippen LogP contribution < -0.4 is 5.73 Å². The van der Waals surface area contributed by atoms with Crippen molar-refractivity contribution >= 4 is 30.0 Å². The van der Waals surface area contributed by atoms with Gasteiger partial charge in [0.15, 0.2) is 0 Å². The zero-order chi connectivity index (χ0) is 12.5. The summed E-state index contributed by atoms with van der Waals surface area (Å²) in [5.41, 5.74) is 3.95. The van der Waals surface area contributed by atoms with Crippen molar-refractivity contribution in [3.05, 3.63) is 34.3 Å². The normalized spacial score (nSPS) is 12.8. The molecule has 8 heteroatoms.